The first-order valence-electron chi connectivity index (χ1n) is 10.1. The van der Waals surface area contributed by atoms with E-state index < -0.39 is 33.2 Å². The average molecular weight is 488 g/mol. The first-order chi connectivity index (χ1) is 16.4. The van der Waals surface area contributed by atoms with E-state index in [2.05, 4.69) is 35.0 Å². The third kappa shape index (κ3) is 4.13. The molecule has 5 rings (SSSR count). The van der Waals surface area contributed by atoms with Crippen LogP contribution >= 0.6 is 0 Å². The van der Waals surface area contributed by atoms with Crippen molar-refractivity contribution in [1.82, 2.24) is 29.2 Å². The van der Waals surface area contributed by atoms with Gasteiger partial charge in [-0.1, -0.05) is 0 Å². The minimum atomic E-state index is -4.06. The maximum Gasteiger partial charge on any atom is 0.301 e. The lowest BCUT2D eigenvalue weighted by molar-refractivity contribution is 0.0733. The molecule has 1 aromatic carbocycles. The summed E-state index contributed by atoms with van der Waals surface area (Å²) in [5, 5.41) is 2.64. The zero-order valence-corrected chi connectivity index (χ0v) is 18.3. The van der Waals surface area contributed by atoms with Crippen LogP contribution in [-0.2, 0) is 14.9 Å². The molecule has 0 atom stereocenters. The summed E-state index contributed by atoms with van der Waals surface area (Å²) >= 11 is 0. The number of aromatic amines is 1. The molecular formula is C20H18F2N8O3S. The van der Waals surface area contributed by atoms with Crippen LogP contribution in [0, 0.1) is 11.6 Å². The highest BCUT2D eigenvalue weighted by atomic mass is 32.2. The van der Waals surface area contributed by atoms with Crippen molar-refractivity contribution in [1.29, 1.82) is 0 Å². The molecule has 0 unspecified atom stereocenters. The quantitative estimate of drug-likeness (QED) is 0.376. The average Bonchev–Trinajstić information content (AvgIpc) is 3.34. The standard InChI is InChI=1S/C20H18F2N8O3S/c21-13-3-4-14(29-34(31,32)30-6-8-33-9-7-30)15(22)17(13)28-19-12(2-1-5-23-19)16-18-20(26-10-24-16)27-11-25-18/h1-5,10-11,29H,6-9H2,(H,23,28)(H,24,25,26,27). The van der Waals surface area contributed by atoms with E-state index in [0.717, 1.165) is 16.4 Å². The van der Waals surface area contributed by atoms with E-state index in [1.807, 2.05) is 0 Å². The summed E-state index contributed by atoms with van der Waals surface area (Å²) in [4.78, 5) is 19.6. The van der Waals surface area contributed by atoms with Crippen molar-refractivity contribution in [3.63, 3.8) is 0 Å². The van der Waals surface area contributed by atoms with Crippen LogP contribution in [0.3, 0.4) is 0 Å². The molecular weight excluding hydrogens is 470 g/mol. The second kappa shape index (κ2) is 8.89. The van der Waals surface area contributed by atoms with Crippen molar-refractivity contribution in [2.75, 3.05) is 36.3 Å². The van der Waals surface area contributed by atoms with Crippen LogP contribution in [0.5, 0.6) is 0 Å². The lowest BCUT2D eigenvalue weighted by atomic mass is 10.1. The first-order valence-corrected chi connectivity index (χ1v) is 11.6. The van der Waals surface area contributed by atoms with Crippen molar-refractivity contribution in [2.45, 2.75) is 0 Å². The van der Waals surface area contributed by atoms with Crippen molar-refractivity contribution in [3.8, 4) is 11.3 Å². The van der Waals surface area contributed by atoms with Crippen molar-refractivity contribution in [3.05, 3.63) is 54.8 Å². The second-order valence-corrected chi connectivity index (χ2v) is 8.92. The number of hydrogen-bond acceptors (Lipinski definition) is 8. The minimum absolute atomic E-state index is 0.0940. The molecule has 4 aromatic rings. The second-order valence-electron chi connectivity index (χ2n) is 7.25. The zero-order valence-electron chi connectivity index (χ0n) is 17.5. The van der Waals surface area contributed by atoms with Gasteiger partial charge in [0.25, 0.3) is 0 Å². The van der Waals surface area contributed by atoms with Crippen LogP contribution in [-0.4, -0.2) is 63.9 Å². The molecule has 0 radical (unpaired) electrons. The molecule has 0 amide bonds. The number of H-pyrrole nitrogens is 1. The number of benzene rings is 1. The number of aromatic nitrogens is 5. The van der Waals surface area contributed by atoms with Gasteiger partial charge < -0.3 is 15.0 Å². The van der Waals surface area contributed by atoms with Crippen LogP contribution in [0.25, 0.3) is 22.4 Å². The number of imidazole rings is 1. The number of ether oxygens (including phenoxy) is 1. The van der Waals surface area contributed by atoms with Gasteiger partial charge >= 0.3 is 10.2 Å². The summed E-state index contributed by atoms with van der Waals surface area (Å²) in [5.74, 6) is -1.96. The van der Waals surface area contributed by atoms with Crippen molar-refractivity contribution < 1.29 is 21.9 Å². The van der Waals surface area contributed by atoms with Gasteiger partial charge in [-0.3, -0.25) is 4.72 Å². The molecule has 0 saturated carbocycles. The summed E-state index contributed by atoms with van der Waals surface area (Å²) in [7, 11) is -4.06. The van der Waals surface area contributed by atoms with Crippen LogP contribution in [0.2, 0.25) is 0 Å². The fourth-order valence-corrected chi connectivity index (χ4v) is 4.71. The van der Waals surface area contributed by atoms with Gasteiger partial charge in [-0.05, 0) is 24.3 Å². The Hall–Kier alpha value is -3.75. The number of morpholine rings is 1. The fraction of sp³-hybridized carbons (Fsp3) is 0.200. The zero-order chi connectivity index (χ0) is 23.7. The first kappa shape index (κ1) is 22.1. The number of pyridine rings is 1. The van der Waals surface area contributed by atoms with E-state index in [9.17, 15) is 12.8 Å². The van der Waals surface area contributed by atoms with E-state index in [0.29, 0.717) is 22.4 Å². The maximum absolute atomic E-state index is 15.3. The minimum Gasteiger partial charge on any atom is -0.379 e. The molecule has 1 saturated heterocycles. The third-order valence-electron chi connectivity index (χ3n) is 5.16. The Morgan fingerprint density at radius 3 is 2.71 bits per heavy atom. The molecule has 14 heteroatoms. The number of halogens is 2. The van der Waals surface area contributed by atoms with Gasteiger partial charge in [-0.25, -0.2) is 28.7 Å². The van der Waals surface area contributed by atoms with Gasteiger partial charge in [0.2, 0.25) is 0 Å². The number of nitrogens with zero attached hydrogens (tertiary/aromatic N) is 5. The molecule has 1 aliphatic rings. The summed E-state index contributed by atoms with van der Waals surface area (Å²) in [6, 6.07) is 5.28. The largest absolute Gasteiger partial charge is 0.379 e. The molecule has 3 aromatic heterocycles. The number of anilines is 3. The Morgan fingerprint density at radius 1 is 1.06 bits per heavy atom. The van der Waals surface area contributed by atoms with E-state index >= 15 is 4.39 Å². The topological polar surface area (TPSA) is 138 Å². The normalized spacial score (nSPS) is 14.9. The Kier molecular flexibility index (Phi) is 5.77. The Balaban J connectivity index is 1.50. The van der Waals surface area contributed by atoms with Crippen molar-refractivity contribution in [2.24, 2.45) is 0 Å². The summed E-state index contributed by atoms with van der Waals surface area (Å²) in [5.41, 5.74) is 0.759. The molecule has 34 heavy (non-hydrogen) atoms. The van der Waals surface area contributed by atoms with Gasteiger partial charge in [0.05, 0.1) is 25.2 Å². The predicted octanol–water partition coefficient (Wildman–Crippen LogP) is 2.43. The molecule has 0 bridgehead atoms. The van der Waals surface area contributed by atoms with Crippen LogP contribution in [0.4, 0.5) is 26.0 Å². The summed E-state index contributed by atoms with van der Waals surface area (Å²) in [6.45, 7) is 0.713. The molecule has 1 fully saturated rings. The number of nitrogens with one attached hydrogen (secondary N) is 3. The molecule has 0 aliphatic carbocycles. The van der Waals surface area contributed by atoms with Crippen LogP contribution < -0.4 is 10.0 Å². The van der Waals surface area contributed by atoms with E-state index in [1.165, 1.54) is 18.9 Å². The van der Waals surface area contributed by atoms with E-state index in [-0.39, 0.29) is 32.1 Å². The molecule has 3 N–H and O–H groups in total. The van der Waals surface area contributed by atoms with E-state index in [1.54, 1.807) is 12.1 Å². The monoisotopic (exact) mass is 488 g/mol. The van der Waals surface area contributed by atoms with E-state index in [4.69, 9.17) is 4.74 Å². The SMILES string of the molecule is O=S(=O)(Nc1ccc(F)c(Nc2ncccc2-c2ncnc3[nH]cnc23)c1F)N1CCOCC1. The highest BCUT2D eigenvalue weighted by Gasteiger charge is 2.27. The Bertz CT molecular complexity index is 1460. The fourth-order valence-electron chi connectivity index (χ4n) is 3.51. The maximum atomic E-state index is 15.3. The summed E-state index contributed by atoms with van der Waals surface area (Å²) in [6.07, 6.45) is 4.22. The van der Waals surface area contributed by atoms with Crippen LogP contribution in [0.15, 0.2) is 43.1 Å². The van der Waals surface area contributed by atoms with Crippen LogP contribution in [0.1, 0.15) is 0 Å². The summed E-state index contributed by atoms with van der Waals surface area (Å²) < 4.78 is 63.7. The molecule has 1 aliphatic heterocycles. The smallest absolute Gasteiger partial charge is 0.301 e. The van der Waals surface area contributed by atoms with Gasteiger partial charge in [-0.15, -0.1) is 0 Å². The molecule has 0 spiro atoms. The number of fused-ring (bicyclic) bond motifs is 1. The van der Waals surface area contributed by atoms with Crippen molar-refractivity contribution >= 4 is 38.6 Å². The van der Waals surface area contributed by atoms with Gasteiger partial charge in [0.1, 0.15) is 34.9 Å². The van der Waals surface area contributed by atoms with Gasteiger partial charge in [-0.2, -0.15) is 12.7 Å². The van der Waals surface area contributed by atoms with Gasteiger partial charge in [0, 0.05) is 24.8 Å². The number of hydrogen-bond donors (Lipinski definition) is 3. The third-order valence-corrected chi connectivity index (χ3v) is 6.69. The highest BCUT2D eigenvalue weighted by Crippen LogP contribution is 2.34. The molecule has 176 valence electrons. The lowest BCUT2D eigenvalue weighted by Gasteiger charge is -2.26. The molecule has 4 heterocycles. The highest BCUT2D eigenvalue weighted by molar-refractivity contribution is 7.90. The molecule has 11 nitrogen and oxygen atoms in total. The van der Waals surface area contributed by atoms with Gasteiger partial charge in [0.15, 0.2) is 11.5 Å². The predicted molar refractivity (Wildman–Crippen MR) is 119 cm³/mol. The Morgan fingerprint density at radius 2 is 1.88 bits per heavy atom. The number of rotatable bonds is 6. The Labute approximate surface area is 192 Å². The lowest BCUT2D eigenvalue weighted by Crippen LogP contribution is -2.43.